The molecule has 1 rings (SSSR count). The van der Waals surface area contributed by atoms with Crippen LogP contribution in [0.1, 0.15) is 30.1 Å². The van der Waals surface area contributed by atoms with Gasteiger partial charge in [-0.2, -0.15) is 0 Å². The number of anilines is 1. The number of aromatic carboxylic acids is 1. The topological polar surface area (TPSA) is 104 Å². The summed E-state index contributed by atoms with van der Waals surface area (Å²) in [6, 6.07) is 3.75. The summed E-state index contributed by atoms with van der Waals surface area (Å²) >= 11 is 0. The van der Waals surface area contributed by atoms with Crippen LogP contribution in [0.3, 0.4) is 0 Å². The first-order valence-corrected chi connectivity index (χ1v) is 6.38. The van der Waals surface area contributed by atoms with Crippen molar-refractivity contribution in [2.45, 2.75) is 19.8 Å². The lowest BCUT2D eigenvalue weighted by Crippen LogP contribution is -2.29. The number of aliphatic hydroxyl groups is 1. The van der Waals surface area contributed by atoms with E-state index in [0.29, 0.717) is 12.2 Å². The van der Waals surface area contributed by atoms with Crippen LogP contribution >= 0.6 is 0 Å². The Morgan fingerprint density at radius 1 is 1.40 bits per heavy atom. The maximum Gasteiger partial charge on any atom is 0.338 e. The second-order valence-corrected chi connectivity index (χ2v) is 4.33. The van der Waals surface area contributed by atoms with Crippen molar-refractivity contribution >= 4 is 17.3 Å². The van der Waals surface area contributed by atoms with Crippen molar-refractivity contribution in [1.82, 2.24) is 0 Å². The summed E-state index contributed by atoms with van der Waals surface area (Å²) in [5.41, 5.74) is 0.0138. The Morgan fingerprint density at radius 3 is 2.60 bits per heavy atom. The molecule has 0 spiro atoms. The summed E-state index contributed by atoms with van der Waals surface area (Å²) in [4.78, 5) is 23.1. The summed E-state index contributed by atoms with van der Waals surface area (Å²) in [6.07, 6.45) is 1.77. The molecule has 2 N–H and O–H groups in total. The number of unbranched alkanes of at least 4 members (excludes halogenated alkanes) is 1. The second kappa shape index (κ2) is 7.44. The van der Waals surface area contributed by atoms with Crippen LogP contribution in [0.5, 0.6) is 0 Å². The van der Waals surface area contributed by atoms with Gasteiger partial charge in [0.05, 0.1) is 22.8 Å². The number of carbonyl (C=O) groups is 1. The molecule has 20 heavy (non-hydrogen) atoms. The smallest absolute Gasteiger partial charge is 0.338 e. The summed E-state index contributed by atoms with van der Waals surface area (Å²) in [5, 5.41) is 29.0. The summed E-state index contributed by atoms with van der Waals surface area (Å²) < 4.78 is 0. The molecule has 7 heteroatoms. The van der Waals surface area contributed by atoms with Crippen molar-refractivity contribution in [3.8, 4) is 0 Å². The van der Waals surface area contributed by atoms with Gasteiger partial charge in [0, 0.05) is 25.2 Å². The molecule has 1 aromatic carbocycles. The minimum absolute atomic E-state index is 0.111. The molecule has 1 aromatic rings. The van der Waals surface area contributed by atoms with Gasteiger partial charge in [-0.1, -0.05) is 13.3 Å². The van der Waals surface area contributed by atoms with Gasteiger partial charge in [-0.3, -0.25) is 10.1 Å². The zero-order valence-electron chi connectivity index (χ0n) is 11.3. The molecule has 0 heterocycles. The van der Waals surface area contributed by atoms with Crippen molar-refractivity contribution in [3.63, 3.8) is 0 Å². The first kappa shape index (κ1) is 15.9. The predicted molar refractivity (Wildman–Crippen MR) is 74.3 cm³/mol. The fourth-order valence-corrected chi connectivity index (χ4v) is 1.91. The molecule has 0 aliphatic heterocycles. The summed E-state index contributed by atoms with van der Waals surface area (Å²) in [5.74, 6) is -1.22. The highest BCUT2D eigenvalue weighted by Crippen LogP contribution is 2.26. The summed E-state index contributed by atoms with van der Waals surface area (Å²) in [6.45, 7) is 2.78. The van der Waals surface area contributed by atoms with E-state index < -0.39 is 10.9 Å². The molecule has 0 radical (unpaired) electrons. The van der Waals surface area contributed by atoms with Crippen LogP contribution in [0.25, 0.3) is 0 Å². The van der Waals surface area contributed by atoms with Crippen LogP contribution in [-0.2, 0) is 0 Å². The molecule has 110 valence electrons. The van der Waals surface area contributed by atoms with E-state index in [1.54, 1.807) is 4.90 Å². The number of hydrogen-bond acceptors (Lipinski definition) is 5. The zero-order chi connectivity index (χ0) is 15.1. The number of nitro groups is 1. The van der Waals surface area contributed by atoms with Crippen LogP contribution in [0.15, 0.2) is 18.2 Å². The van der Waals surface area contributed by atoms with Gasteiger partial charge in [0.1, 0.15) is 0 Å². The Bertz CT molecular complexity index is 490. The van der Waals surface area contributed by atoms with Crippen molar-refractivity contribution in [2.75, 3.05) is 24.6 Å². The van der Waals surface area contributed by atoms with E-state index in [0.717, 1.165) is 18.9 Å². The minimum atomic E-state index is -1.22. The molecular weight excluding hydrogens is 264 g/mol. The van der Waals surface area contributed by atoms with Gasteiger partial charge in [0.25, 0.3) is 5.69 Å². The van der Waals surface area contributed by atoms with Gasteiger partial charge >= 0.3 is 5.97 Å². The molecule has 0 aliphatic carbocycles. The minimum Gasteiger partial charge on any atom is -0.478 e. The molecule has 0 fully saturated rings. The molecule has 0 bridgehead atoms. The standard InChI is InChI=1S/C13H18N2O5/c1-2-3-6-14(7-8-16)12-5-4-10(15(19)20)9-11(12)13(17)18/h4-5,9,16H,2-3,6-8H2,1H3,(H,17,18). The number of hydrogen-bond donors (Lipinski definition) is 2. The Labute approximate surface area is 116 Å². The third kappa shape index (κ3) is 3.92. The zero-order valence-corrected chi connectivity index (χ0v) is 11.3. The van der Waals surface area contributed by atoms with E-state index in [1.165, 1.54) is 12.1 Å². The van der Waals surface area contributed by atoms with Crippen LogP contribution in [0.4, 0.5) is 11.4 Å². The predicted octanol–water partition coefficient (Wildman–Crippen LogP) is 1.89. The van der Waals surface area contributed by atoms with Gasteiger partial charge in [-0.05, 0) is 12.5 Å². The van der Waals surface area contributed by atoms with Crippen LogP contribution in [0, 0.1) is 10.1 Å². The molecule has 7 nitrogen and oxygen atoms in total. The first-order chi connectivity index (χ1) is 9.51. The third-order valence-electron chi connectivity index (χ3n) is 2.91. The lowest BCUT2D eigenvalue weighted by Gasteiger charge is -2.25. The van der Waals surface area contributed by atoms with Crippen molar-refractivity contribution < 1.29 is 19.9 Å². The van der Waals surface area contributed by atoms with E-state index in [4.69, 9.17) is 5.11 Å². The van der Waals surface area contributed by atoms with Crippen molar-refractivity contribution in [2.24, 2.45) is 0 Å². The third-order valence-corrected chi connectivity index (χ3v) is 2.91. The number of nitro benzene ring substituents is 1. The Balaban J connectivity index is 3.18. The summed E-state index contributed by atoms with van der Waals surface area (Å²) in [7, 11) is 0. The van der Waals surface area contributed by atoms with Crippen LogP contribution in [0.2, 0.25) is 0 Å². The second-order valence-electron chi connectivity index (χ2n) is 4.33. The fraction of sp³-hybridized carbons (Fsp3) is 0.462. The molecule has 0 atom stereocenters. The lowest BCUT2D eigenvalue weighted by atomic mass is 10.1. The molecule has 0 saturated heterocycles. The molecular formula is C13H18N2O5. The largest absolute Gasteiger partial charge is 0.478 e. The Morgan fingerprint density at radius 2 is 2.10 bits per heavy atom. The van der Waals surface area contributed by atoms with Gasteiger partial charge in [0.2, 0.25) is 0 Å². The number of aliphatic hydroxyl groups excluding tert-OH is 1. The molecule has 0 amide bonds. The maximum atomic E-state index is 11.3. The highest BCUT2D eigenvalue weighted by atomic mass is 16.6. The number of benzene rings is 1. The highest BCUT2D eigenvalue weighted by molar-refractivity contribution is 5.95. The average molecular weight is 282 g/mol. The highest BCUT2D eigenvalue weighted by Gasteiger charge is 2.19. The van der Waals surface area contributed by atoms with Crippen LogP contribution in [-0.4, -0.2) is 40.8 Å². The first-order valence-electron chi connectivity index (χ1n) is 6.38. The maximum absolute atomic E-state index is 11.3. The SMILES string of the molecule is CCCCN(CCO)c1ccc([N+](=O)[O-])cc1C(=O)O. The number of carboxylic acid groups (broad SMARTS) is 1. The number of rotatable bonds is 8. The Kier molecular flexibility index (Phi) is 5.92. The van der Waals surface area contributed by atoms with Gasteiger partial charge in [0.15, 0.2) is 0 Å². The lowest BCUT2D eigenvalue weighted by molar-refractivity contribution is -0.384. The molecule has 0 saturated carbocycles. The molecule has 0 aliphatic rings. The number of non-ortho nitro benzene ring substituents is 1. The molecule has 0 aromatic heterocycles. The van der Waals surface area contributed by atoms with Gasteiger partial charge < -0.3 is 15.1 Å². The van der Waals surface area contributed by atoms with E-state index in [2.05, 4.69) is 0 Å². The number of carboxylic acids is 1. The Hall–Kier alpha value is -2.15. The van der Waals surface area contributed by atoms with Crippen molar-refractivity contribution in [1.29, 1.82) is 0 Å². The van der Waals surface area contributed by atoms with Gasteiger partial charge in [-0.25, -0.2) is 4.79 Å². The van der Waals surface area contributed by atoms with E-state index in [1.807, 2.05) is 6.92 Å². The van der Waals surface area contributed by atoms with E-state index >= 15 is 0 Å². The number of nitrogens with zero attached hydrogens (tertiary/aromatic N) is 2. The van der Waals surface area contributed by atoms with Gasteiger partial charge in [-0.15, -0.1) is 0 Å². The van der Waals surface area contributed by atoms with E-state index in [9.17, 15) is 20.0 Å². The average Bonchev–Trinajstić information content (AvgIpc) is 2.42. The molecule has 0 unspecified atom stereocenters. The van der Waals surface area contributed by atoms with Crippen molar-refractivity contribution in [3.05, 3.63) is 33.9 Å². The van der Waals surface area contributed by atoms with E-state index in [-0.39, 0.29) is 24.4 Å². The quantitative estimate of drug-likeness (QED) is 0.557. The monoisotopic (exact) mass is 282 g/mol. The normalized spacial score (nSPS) is 10.3. The van der Waals surface area contributed by atoms with Crippen LogP contribution < -0.4 is 4.90 Å². The fourth-order valence-electron chi connectivity index (χ4n) is 1.91.